The maximum absolute atomic E-state index is 13.4. The summed E-state index contributed by atoms with van der Waals surface area (Å²) in [5.74, 6) is -3.53. The summed E-state index contributed by atoms with van der Waals surface area (Å²) in [6, 6.07) is 2.72. The van der Waals surface area contributed by atoms with Gasteiger partial charge in [-0.25, -0.2) is 9.97 Å². The number of hydrogen-bond donors (Lipinski definition) is 1. The lowest BCUT2D eigenvalue weighted by Crippen LogP contribution is -2.28. The number of ether oxygens (including phenoxy) is 4. The largest absolute Gasteiger partial charge is 0.586 e. The minimum Gasteiger partial charge on any atom is -0.468 e. The van der Waals surface area contributed by atoms with E-state index in [-0.39, 0.29) is 40.9 Å². The molecule has 1 aromatic carbocycles. The molecule has 1 aliphatic heterocycles. The second kappa shape index (κ2) is 6.39. The normalized spacial score (nSPS) is 14.5. The molecule has 2 N–H and O–H groups in total. The molecule has 0 bridgehead atoms. The van der Waals surface area contributed by atoms with E-state index in [4.69, 9.17) is 5.73 Å². The van der Waals surface area contributed by atoms with Crippen LogP contribution in [0.2, 0.25) is 0 Å². The number of nitrogens with zero attached hydrogens (tertiary/aromatic N) is 4. The lowest BCUT2D eigenvalue weighted by molar-refractivity contribution is -0.286. The first kappa shape index (κ1) is 18.6. The topological polar surface area (TPSA) is 140 Å². The average Bonchev–Trinajstić information content (AvgIpc) is 3.25. The van der Waals surface area contributed by atoms with Gasteiger partial charge in [0, 0.05) is 11.8 Å². The molecular formula is C16H13F2N5O6. The summed E-state index contributed by atoms with van der Waals surface area (Å²) in [5.41, 5.74) is 6.05. The average molecular weight is 409 g/mol. The fourth-order valence-corrected chi connectivity index (χ4v) is 2.96. The number of halogens is 2. The van der Waals surface area contributed by atoms with Crippen molar-refractivity contribution in [3.05, 3.63) is 18.0 Å². The van der Waals surface area contributed by atoms with Gasteiger partial charge in [-0.2, -0.15) is 4.52 Å². The molecule has 0 radical (unpaired) electrons. The lowest BCUT2D eigenvalue weighted by atomic mass is 10.1. The first-order chi connectivity index (χ1) is 13.7. The first-order valence-electron chi connectivity index (χ1n) is 8.13. The lowest BCUT2D eigenvalue weighted by Gasteiger charge is -2.09. The van der Waals surface area contributed by atoms with E-state index in [2.05, 4.69) is 34.0 Å². The van der Waals surface area contributed by atoms with Gasteiger partial charge in [0.05, 0.1) is 14.2 Å². The van der Waals surface area contributed by atoms with Crippen LogP contribution in [0.1, 0.15) is 5.82 Å². The Balaban J connectivity index is 1.82. The Bertz CT molecular complexity index is 1150. The number of benzene rings is 1. The Morgan fingerprint density at radius 1 is 1.21 bits per heavy atom. The van der Waals surface area contributed by atoms with E-state index >= 15 is 0 Å². The monoisotopic (exact) mass is 409 g/mol. The van der Waals surface area contributed by atoms with Crippen molar-refractivity contribution in [3.8, 4) is 11.5 Å². The molecule has 0 saturated carbocycles. The molecule has 11 nitrogen and oxygen atoms in total. The zero-order chi connectivity index (χ0) is 20.9. The van der Waals surface area contributed by atoms with E-state index in [1.807, 2.05) is 0 Å². The molecule has 0 spiro atoms. The van der Waals surface area contributed by atoms with Crippen LogP contribution >= 0.6 is 0 Å². The minimum absolute atomic E-state index is 0.00103. The summed E-state index contributed by atoms with van der Waals surface area (Å²) in [6.07, 6.45) is -4.06. The molecule has 0 fully saturated rings. The van der Waals surface area contributed by atoms with E-state index in [1.54, 1.807) is 0 Å². The van der Waals surface area contributed by atoms with Gasteiger partial charge < -0.3 is 24.7 Å². The number of methoxy groups -OCH3 is 2. The molecule has 0 saturated heterocycles. The molecule has 0 amide bonds. The second-order valence-corrected chi connectivity index (χ2v) is 5.99. The van der Waals surface area contributed by atoms with Gasteiger partial charge in [0.25, 0.3) is 0 Å². The Kier molecular flexibility index (Phi) is 4.10. The van der Waals surface area contributed by atoms with Crippen LogP contribution < -0.4 is 15.2 Å². The van der Waals surface area contributed by atoms with Crippen molar-refractivity contribution in [1.29, 1.82) is 0 Å². The zero-order valence-corrected chi connectivity index (χ0v) is 15.0. The third kappa shape index (κ3) is 2.99. The Morgan fingerprint density at radius 2 is 1.90 bits per heavy atom. The number of esters is 2. The number of hydrogen-bond acceptors (Lipinski definition) is 10. The number of fused-ring (bicyclic) bond motifs is 5. The third-order valence-electron chi connectivity index (χ3n) is 4.24. The third-order valence-corrected chi connectivity index (χ3v) is 4.24. The highest BCUT2D eigenvalue weighted by Gasteiger charge is 2.45. The van der Waals surface area contributed by atoms with Gasteiger partial charge in [0.15, 0.2) is 28.9 Å². The van der Waals surface area contributed by atoms with Crippen LogP contribution in [-0.4, -0.2) is 52.0 Å². The molecule has 3 aromatic rings. The summed E-state index contributed by atoms with van der Waals surface area (Å²) in [4.78, 5) is 32.1. The molecule has 3 heterocycles. The fourth-order valence-electron chi connectivity index (χ4n) is 2.96. The number of aromatic nitrogens is 4. The number of carbonyl (C=O) groups is 2. The molecule has 4 rings (SSSR count). The summed E-state index contributed by atoms with van der Waals surface area (Å²) >= 11 is 0. The van der Waals surface area contributed by atoms with Crippen molar-refractivity contribution < 1.29 is 37.3 Å². The molecule has 0 atom stereocenters. The van der Waals surface area contributed by atoms with Gasteiger partial charge in [0.1, 0.15) is 5.52 Å². The Hall–Kier alpha value is -3.77. The maximum atomic E-state index is 13.4. The standard InChI is InChI=1S/C16H13F2N5O6/c1-26-13(24)7(14(25)27-2)5-9-20-12-6-3-4-8-11(29-16(17,18)28-8)10(6)21-15(19)23(12)22-9/h3-4,7H,5H2,1-2H3,(H2,19,21). The summed E-state index contributed by atoms with van der Waals surface area (Å²) in [6.45, 7) is 0. The molecule has 152 valence electrons. The molecular weight excluding hydrogens is 396 g/mol. The number of alkyl halides is 2. The van der Waals surface area contributed by atoms with Crippen LogP contribution in [0.25, 0.3) is 16.6 Å². The van der Waals surface area contributed by atoms with Gasteiger partial charge in [-0.1, -0.05) is 0 Å². The molecule has 29 heavy (non-hydrogen) atoms. The predicted molar refractivity (Wildman–Crippen MR) is 90.1 cm³/mol. The Morgan fingerprint density at radius 3 is 2.55 bits per heavy atom. The van der Waals surface area contributed by atoms with Gasteiger partial charge in [-0.3, -0.25) is 9.59 Å². The Labute approximate surface area is 160 Å². The maximum Gasteiger partial charge on any atom is 0.586 e. The number of nitrogens with two attached hydrogens (primary N) is 1. The summed E-state index contributed by atoms with van der Waals surface area (Å²) in [7, 11) is 2.26. The van der Waals surface area contributed by atoms with Crippen LogP contribution in [-0.2, 0) is 25.5 Å². The number of carbonyl (C=O) groups excluding carboxylic acids is 2. The van der Waals surface area contributed by atoms with Crippen LogP contribution in [0.5, 0.6) is 11.5 Å². The van der Waals surface area contributed by atoms with Gasteiger partial charge >= 0.3 is 18.2 Å². The SMILES string of the molecule is COC(=O)C(Cc1nc2c3ccc4c(c3nc(N)n2n1)OC(F)(F)O4)C(=O)OC. The predicted octanol–water partition coefficient (Wildman–Crippen LogP) is 0.686. The number of anilines is 1. The van der Waals surface area contributed by atoms with E-state index in [0.717, 1.165) is 18.7 Å². The van der Waals surface area contributed by atoms with Crippen molar-refractivity contribution in [3.63, 3.8) is 0 Å². The van der Waals surface area contributed by atoms with Crippen LogP contribution in [0.15, 0.2) is 12.1 Å². The molecule has 13 heteroatoms. The van der Waals surface area contributed by atoms with Crippen molar-refractivity contribution in [2.75, 3.05) is 20.0 Å². The quantitative estimate of drug-likeness (QED) is 0.483. The smallest absolute Gasteiger partial charge is 0.468 e. The van der Waals surface area contributed by atoms with Gasteiger partial charge in [-0.15, -0.1) is 13.9 Å². The van der Waals surface area contributed by atoms with E-state index in [1.165, 1.54) is 12.1 Å². The summed E-state index contributed by atoms with van der Waals surface area (Å²) < 4.78 is 46.1. The van der Waals surface area contributed by atoms with Crippen molar-refractivity contribution in [2.24, 2.45) is 5.92 Å². The highest BCUT2D eigenvalue weighted by Crippen LogP contribution is 2.45. The van der Waals surface area contributed by atoms with E-state index in [0.29, 0.717) is 5.39 Å². The highest BCUT2D eigenvalue weighted by atomic mass is 19.3. The molecule has 0 unspecified atom stereocenters. The van der Waals surface area contributed by atoms with Crippen LogP contribution in [0.4, 0.5) is 14.7 Å². The van der Waals surface area contributed by atoms with Gasteiger partial charge in [-0.05, 0) is 12.1 Å². The van der Waals surface area contributed by atoms with Crippen molar-refractivity contribution in [1.82, 2.24) is 19.6 Å². The summed E-state index contributed by atoms with van der Waals surface area (Å²) in [5, 5.41) is 4.44. The first-order valence-corrected chi connectivity index (χ1v) is 8.13. The molecule has 2 aromatic heterocycles. The van der Waals surface area contributed by atoms with Crippen LogP contribution in [0, 0.1) is 5.92 Å². The minimum atomic E-state index is -3.83. The van der Waals surface area contributed by atoms with Crippen LogP contribution in [0.3, 0.4) is 0 Å². The van der Waals surface area contributed by atoms with Crippen molar-refractivity contribution in [2.45, 2.75) is 12.7 Å². The van der Waals surface area contributed by atoms with E-state index < -0.39 is 24.2 Å². The zero-order valence-electron chi connectivity index (χ0n) is 15.0. The highest BCUT2D eigenvalue weighted by molar-refractivity contribution is 5.98. The fraction of sp³-hybridized carbons (Fsp3) is 0.312. The second-order valence-electron chi connectivity index (χ2n) is 5.99. The number of nitrogen functional groups attached to an aromatic ring is 1. The number of rotatable bonds is 4. The molecule has 0 aliphatic carbocycles. The van der Waals surface area contributed by atoms with Gasteiger partial charge in [0.2, 0.25) is 5.95 Å². The van der Waals surface area contributed by atoms with E-state index in [9.17, 15) is 18.4 Å². The molecule has 1 aliphatic rings. The van der Waals surface area contributed by atoms with Crippen molar-refractivity contribution >= 4 is 34.4 Å².